The van der Waals surface area contributed by atoms with Crippen LogP contribution in [-0.2, 0) is 11.8 Å². The van der Waals surface area contributed by atoms with Gasteiger partial charge in [-0.3, -0.25) is 0 Å². The number of nitrogens with zero attached hydrogens (tertiary/aromatic N) is 2. The highest BCUT2D eigenvalue weighted by Crippen LogP contribution is 2.37. The van der Waals surface area contributed by atoms with E-state index >= 15 is 0 Å². The highest BCUT2D eigenvalue weighted by molar-refractivity contribution is 6.14. The first-order valence-corrected chi connectivity index (χ1v) is 6.80. The maximum Gasteiger partial charge on any atom is 0.360 e. The van der Waals surface area contributed by atoms with E-state index in [0.717, 1.165) is 16.4 Å². The van der Waals surface area contributed by atoms with E-state index in [0.29, 0.717) is 11.1 Å². The fourth-order valence-electron chi connectivity index (χ4n) is 2.79. The summed E-state index contributed by atoms with van der Waals surface area (Å²) in [4.78, 5) is 16.2. The van der Waals surface area contributed by atoms with Crippen molar-refractivity contribution in [3.05, 3.63) is 35.7 Å². The second-order valence-corrected chi connectivity index (χ2v) is 4.91. The lowest BCUT2D eigenvalue weighted by atomic mass is 10.1. The molecule has 0 spiro atoms. The van der Waals surface area contributed by atoms with Gasteiger partial charge in [-0.25, -0.2) is 9.78 Å². The largest absolute Gasteiger partial charge is 0.505 e. The Bertz CT molecular complexity index is 865. The molecule has 108 valence electrons. The average Bonchev–Trinajstić information content (AvgIpc) is 2.78. The number of hydrogen-bond donors (Lipinski definition) is 1. The van der Waals surface area contributed by atoms with E-state index in [2.05, 4.69) is 4.98 Å². The van der Waals surface area contributed by atoms with Crippen LogP contribution in [0.1, 0.15) is 23.1 Å². The van der Waals surface area contributed by atoms with E-state index in [1.54, 1.807) is 6.92 Å². The molecule has 0 aliphatic carbocycles. The van der Waals surface area contributed by atoms with Crippen molar-refractivity contribution in [1.29, 1.82) is 0 Å². The smallest absolute Gasteiger partial charge is 0.360 e. The number of carbonyl (C=O) groups excluding carboxylic acids is 1. The van der Waals surface area contributed by atoms with Crippen LogP contribution in [0.15, 0.2) is 24.3 Å². The number of carbonyl (C=O) groups is 1. The van der Waals surface area contributed by atoms with Gasteiger partial charge in [0, 0.05) is 18.0 Å². The summed E-state index contributed by atoms with van der Waals surface area (Å²) in [7, 11) is 1.92. The third-order valence-corrected chi connectivity index (χ3v) is 3.66. The molecule has 2 aromatic heterocycles. The van der Waals surface area contributed by atoms with Gasteiger partial charge in [-0.15, -0.1) is 0 Å². The molecule has 0 atom stereocenters. The van der Waals surface area contributed by atoms with E-state index in [1.165, 1.54) is 0 Å². The Morgan fingerprint density at radius 3 is 2.81 bits per heavy atom. The molecule has 2 heterocycles. The molecule has 5 nitrogen and oxygen atoms in total. The Kier molecular flexibility index (Phi) is 3.05. The number of esters is 1. The minimum absolute atomic E-state index is 0.0294. The fourth-order valence-corrected chi connectivity index (χ4v) is 2.79. The van der Waals surface area contributed by atoms with Crippen LogP contribution in [0.5, 0.6) is 5.75 Å². The van der Waals surface area contributed by atoms with Crippen molar-refractivity contribution in [1.82, 2.24) is 9.55 Å². The number of aryl methyl sites for hydroxylation is 2. The molecule has 0 aliphatic heterocycles. The van der Waals surface area contributed by atoms with Crippen molar-refractivity contribution in [3.63, 3.8) is 0 Å². The summed E-state index contributed by atoms with van der Waals surface area (Å²) in [6.45, 7) is 3.79. The summed E-state index contributed by atoms with van der Waals surface area (Å²) < 4.78 is 6.94. The van der Waals surface area contributed by atoms with Gasteiger partial charge in [0.05, 0.1) is 23.2 Å². The van der Waals surface area contributed by atoms with Gasteiger partial charge in [0.1, 0.15) is 0 Å². The van der Waals surface area contributed by atoms with Crippen molar-refractivity contribution < 1.29 is 14.6 Å². The van der Waals surface area contributed by atoms with Gasteiger partial charge in [0.25, 0.3) is 0 Å². The third-order valence-electron chi connectivity index (χ3n) is 3.66. The molecule has 3 aromatic rings. The summed E-state index contributed by atoms with van der Waals surface area (Å²) >= 11 is 0. The lowest BCUT2D eigenvalue weighted by Gasteiger charge is -2.08. The molecule has 0 aliphatic rings. The van der Waals surface area contributed by atoms with Crippen molar-refractivity contribution >= 4 is 27.8 Å². The number of fused-ring (bicyclic) bond motifs is 3. The standard InChI is InChI=1S/C16H16N2O3/c1-4-21-16(20)13-15(19)12-10-7-5-6-8-11(10)18(3)14(12)9(2)17-13/h5-8,19H,4H2,1-3H3. The topological polar surface area (TPSA) is 64.3 Å². The number of aromatic hydroxyl groups is 1. The van der Waals surface area contributed by atoms with E-state index in [-0.39, 0.29) is 18.1 Å². The van der Waals surface area contributed by atoms with E-state index in [9.17, 15) is 9.90 Å². The van der Waals surface area contributed by atoms with Crippen LogP contribution in [0, 0.1) is 6.92 Å². The number of ether oxygens (including phenoxy) is 1. The summed E-state index contributed by atoms with van der Waals surface area (Å²) in [5.41, 5.74) is 2.46. The Hall–Kier alpha value is -2.56. The predicted octanol–water partition coefficient (Wildman–Crippen LogP) is 2.92. The molecule has 0 saturated heterocycles. The zero-order valence-corrected chi connectivity index (χ0v) is 12.2. The molecule has 1 aromatic carbocycles. The van der Waals surface area contributed by atoms with Gasteiger partial charge >= 0.3 is 5.97 Å². The van der Waals surface area contributed by atoms with Crippen LogP contribution in [0.25, 0.3) is 21.8 Å². The van der Waals surface area contributed by atoms with Crippen LogP contribution in [0.2, 0.25) is 0 Å². The number of hydrogen-bond acceptors (Lipinski definition) is 4. The fraction of sp³-hybridized carbons (Fsp3) is 0.250. The molecular formula is C16H16N2O3. The number of para-hydroxylation sites is 1. The lowest BCUT2D eigenvalue weighted by molar-refractivity contribution is 0.0516. The van der Waals surface area contributed by atoms with Gasteiger partial charge in [-0.05, 0) is 19.9 Å². The average molecular weight is 284 g/mol. The quantitative estimate of drug-likeness (QED) is 0.735. The number of rotatable bonds is 2. The minimum Gasteiger partial charge on any atom is -0.505 e. The third kappa shape index (κ3) is 1.85. The van der Waals surface area contributed by atoms with Crippen LogP contribution >= 0.6 is 0 Å². The maximum atomic E-state index is 12.0. The van der Waals surface area contributed by atoms with Crippen molar-refractivity contribution in [2.75, 3.05) is 6.61 Å². The molecule has 0 amide bonds. The number of benzene rings is 1. The molecule has 0 unspecified atom stereocenters. The molecule has 5 heteroatoms. The molecule has 21 heavy (non-hydrogen) atoms. The van der Waals surface area contributed by atoms with E-state index in [4.69, 9.17) is 4.74 Å². The molecule has 1 N–H and O–H groups in total. The number of aromatic nitrogens is 2. The highest BCUT2D eigenvalue weighted by atomic mass is 16.5. The molecule has 0 saturated carbocycles. The Balaban J connectivity index is 2.45. The van der Waals surface area contributed by atoms with Crippen LogP contribution in [0.3, 0.4) is 0 Å². The Labute approximate surface area is 121 Å². The summed E-state index contributed by atoms with van der Waals surface area (Å²) in [6, 6.07) is 7.73. The molecule has 0 bridgehead atoms. The van der Waals surface area contributed by atoms with Gasteiger partial charge in [0.15, 0.2) is 11.4 Å². The summed E-state index contributed by atoms with van der Waals surface area (Å²) in [5.74, 6) is -0.723. The SMILES string of the molecule is CCOC(=O)c1nc(C)c2c(c1O)c1ccccc1n2C. The second-order valence-electron chi connectivity index (χ2n) is 4.91. The summed E-state index contributed by atoms with van der Waals surface area (Å²) in [5, 5.41) is 12.0. The van der Waals surface area contributed by atoms with Crippen molar-refractivity contribution in [2.45, 2.75) is 13.8 Å². The Morgan fingerprint density at radius 1 is 1.38 bits per heavy atom. The highest BCUT2D eigenvalue weighted by Gasteiger charge is 2.22. The normalized spacial score (nSPS) is 11.2. The van der Waals surface area contributed by atoms with Crippen LogP contribution in [-0.4, -0.2) is 27.2 Å². The van der Waals surface area contributed by atoms with Crippen molar-refractivity contribution in [3.8, 4) is 5.75 Å². The monoisotopic (exact) mass is 284 g/mol. The molecule has 0 radical (unpaired) electrons. The molecule has 3 rings (SSSR count). The van der Waals surface area contributed by atoms with Crippen molar-refractivity contribution in [2.24, 2.45) is 7.05 Å². The number of pyridine rings is 1. The van der Waals surface area contributed by atoms with Gasteiger partial charge in [0.2, 0.25) is 0 Å². The first-order chi connectivity index (χ1) is 10.1. The van der Waals surface area contributed by atoms with E-state index < -0.39 is 5.97 Å². The maximum absolute atomic E-state index is 12.0. The minimum atomic E-state index is -0.604. The zero-order valence-electron chi connectivity index (χ0n) is 12.2. The lowest BCUT2D eigenvalue weighted by Crippen LogP contribution is -2.09. The second kappa shape index (κ2) is 4.77. The first-order valence-electron chi connectivity index (χ1n) is 6.80. The van der Waals surface area contributed by atoms with Gasteiger partial charge in [-0.1, -0.05) is 18.2 Å². The molecular weight excluding hydrogens is 268 g/mol. The molecule has 0 fully saturated rings. The van der Waals surface area contributed by atoms with Crippen LogP contribution in [0.4, 0.5) is 0 Å². The first kappa shape index (κ1) is 13.4. The van der Waals surface area contributed by atoms with E-state index in [1.807, 2.05) is 42.8 Å². The zero-order chi connectivity index (χ0) is 15.1. The predicted molar refractivity (Wildman–Crippen MR) is 80.6 cm³/mol. The van der Waals surface area contributed by atoms with Gasteiger partial charge in [-0.2, -0.15) is 0 Å². The van der Waals surface area contributed by atoms with Crippen LogP contribution < -0.4 is 0 Å². The Morgan fingerprint density at radius 2 is 2.10 bits per heavy atom. The summed E-state index contributed by atoms with van der Waals surface area (Å²) in [6.07, 6.45) is 0. The van der Waals surface area contributed by atoms with Gasteiger partial charge < -0.3 is 14.4 Å².